The van der Waals surface area contributed by atoms with E-state index in [4.69, 9.17) is 15.0 Å². The monoisotopic (exact) mass is 312 g/mol. The highest BCUT2D eigenvalue weighted by Gasteiger charge is 2.12. The predicted octanol–water partition coefficient (Wildman–Crippen LogP) is 1.75. The fourth-order valence-corrected chi connectivity index (χ4v) is 2.08. The molecule has 2 N–H and O–H groups in total. The highest BCUT2D eigenvalue weighted by atomic mass is 16.5. The summed E-state index contributed by atoms with van der Waals surface area (Å²) in [6.07, 6.45) is 3.45. The molecule has 0 radical (unpaired) electrons. The van der Waals surface area contributed by atoms with Gasteiger partial charge >= 0.3 is 0 Å². The molecule has 0 amide bonds. The van der Waals surface area contributed by atoms with E-state index in [0.717, 1.165) is 11.3 Å². The number of aromatic nitrogens is 4. The van der Waals surface area contributed by atoms with E-state index in [0.29, 0.717) is 24.0 Å². The van der Waals surface area contributed by atoms with Gasteiger partial charge in [0.2, 0.25) is 11.8 Å². The van der Waals surface area contributed by atoms with Crippen molar-refractivity contribution in [2.75, 3.05) is 24.8 Å². The molecule has 3 aromatic heterocycles. The van der Waals surface area contributed by atoms with Crippen LogP contribution in [0.4, 0.5) is 11.8 Å². The lowest BCUT2D eigenvalue weighted by atomic mass is 10.2. The highest BCUT2D eigenvalue weighted by molar-refractivity contribution is 5.57. The topological polar surface area (TPSA) is 103 Å². The Kier molecular flexibility index (Phi) is 4.05. The third-order valence-corrected chi connectivity index (χ3v) is 3.22. The van der Waals surface area contributed by atoms with Crippen molar-refractivity contribution >= 4 is 11.8 Å². The molecular formula is C15H16N6O2. The molecule has 0 atom stereocenters. The summed E-state index contributed by atoms with van der Waals surface area (Å²) in [7, 11) is 3.40. The summed E-state index contributed by atoms with van der Waals surface area (Å²) in [6.45, 7) is 0.479. The second-order valence-electron chi connectivity index (χ2n) is 4.90. The molecule has 0 fully saturated rings. The Balaban J connectivity index is 1.77. The zero-order valence-electron chi connectivity index (χ0n) is 12.8. The van der Waals surface area contributed by atoms with Gasteiger partial charge in [0.1, 0.15) is 11.5 Å². The molecule has 118 valence electrons. The number of nitrogen functional groups attached to an aromatic ring is 1. The molecule has 0 bridgehead atoms. The molecule has 0 saturated heterocycles. The van der Waals surface area contributed by atoms with E-state index in [1.807, 2.05) is 30.1 Å². The molecule has 3 heterocycles. The number of pyridine rings is 1. The van der Waals surface area contributed by atoms with Crippen LogP contribution in [0.1, 0.15) is 5.76 Å². The standard InChI is InChI=1S/C15H16N6O2/c1-21(13-7-14(22-2)19-15(16)18-13)9-11-6-12(20-23-11)10-4-3-5-17-8-10/h3-8H,9H2,1-2H3,(H2,16,18,19). The van der Waals surface area contributed by atoms with Crippen LogP contribution >= 0.6 is 0 Å². The number of nitrogens with two attached hydrogens (primary N) is 1. The zero-order chi connectivity index (χ0) is 16.2. The lowest BCUT2D eigenvalue weighted by Crippen LogP contribution is -2.18. The van der Waals surface area contributed by atoms with Gasteiger partial charge in [0, 0.05) is 37.1 Å². The van der Waals surface area contributed by atoms with Crippen molar-refractivity contribution in [3.05, 3.63) is 42.4 Å². The maximum absolute atomic E-state index is 5.67. The Morgan fingerprint density at radius 1 is 1.30 bits per heavy atom. The van der Waals surface area contributed by atoms with E-state index < -0.39 is 0 Å². The molecule has 0 aliphatic heterocycles. The second-order valence-corrected chi connectivity index (χ2v) is 4.90. The molecule has 8 nitrogen and oxygen atoms in total. The first-order valence-electron chi connectivity index (χ1n) is 6.91. The van der Waals surface area contributed by atoms with Crippen molar-refractivity contribution in [2.45, 2.75) is 6.54 Å². The molecule has 8 heteroatoms. The first-order valence-corrected chi connectivity index (χ1v) is 6.91. The lowest BCUT2D eigenvalue weighted by Gasteiger charge is -2.16. The van der Waals surface area contributed by atoms with Gasteiger partial charge in [-0.05, 0) is 12.1 Å². The highest BCUT2D eigenvalue weighted by Crippen LogP contribution is 2.22. The minimum atomic E-state index is 0.153. The van der Waals surface area contributed by atoms with E-state index in [1.54, 1.807) is 18.5 Å². The lowest BCUT2D eigenvalue weighted by molar-refractivity contribution is 0.384. The van der Waals surface area contributed by atoms with Gasteiger partial charge in [-0.2, -0.15) is 9.97 Å². The van der Waals surface area contributed by atoms with Crippen molar-refractivity contribution in [1.29, 1.82) is 0 Å². The average Bonchev–Trinajstić information content (AvgIpc) is 3.03. The molecule has 23 heavy (non-hydrogen) atoms. The molecule has 0 aliphatic rings. The van der Waals surface area contributed by atoms with Crippen LogP contribution < -0.4 is 15.4 Å². The fraction of sp³-hybridized carbons (Fsp3) is 0.200. The van der Waals surface area contributed by atoms with Gasteiger partial charge in [0.25, 0.3) is 0 Å². The first-order chi connectivity index (χ1) is 11.2. The smallest absolute Gasteiger partial charge is 0.225 e. The van der Waals surface area contributed by atoms with Crippen LogP contribution in [-0.4, -0.2) is 34.3 Å². The van der Waals surface area contributed by atoms with E-state index in [9.17, 15) is 0 Å². The van der Waals surface area contributed by atoms with E-state index in [2.05, 4.69) is 20.1 Å². The van der Waals surface area contributed by atoms with Crippen LogP contribution in [0.3, 0.4) is 0 Å². The summed E-state index contributed by atoms with van der Waals surface area (Å²) in [5, 5.41) is 4.06. The van der Waals surface area contributed by atoms with Crippen LogP contribution in [0, 0.1) is 0 Å². The number of hydrogen-bond acceptors (Lipinski definition) is 8. The Bertz CT molecular complexity index is 790. The third-order valence-electron chi connectivity index (χ3n) is 3.22. The molecule has 0 aromatic carbocycles. The molecule has 0 spiro atoms. The molecule has 3 aromatic rings. The summed E-state index contributed by atoms with van der Waals surface area (Å²) in [5.41, 5.74) is 7.31. The number of nitrogens with zero attached hydrogens (tertiary/aromatic N) is 5. The van der Waals surface area contributed by atoms with Crippen LogP contribution in [0.2, 0.25) is 0 Å². The van der Waals surface area contributed by atoms with Gasteiger partial charge < -0.3 is 19.9 Å². The Morgan fingerprint density at radius 3 is 2.91 bits per heavy atom. The molecule has 0 aliphatic carbocycles. The first kappa shape index (κ1) is 14.8. The Morgan fingerprint density at radius 2 is 2.17 bits per heavy atom. The number of ether oxygens (including phenoxy) is 1. The normalized spacial score (nSPS) is 10.5. The summed E-state index contributed by atoms with van der Waals surface area (Å²) < 4.78 is 10.5. The van der Waals surface area contributed by atoms with Gasteiger partial charge in [0.05, 0.1) is 13.7 Å². The fourth-order valence-electron chi connectivity index (χ4n) is 2.08. The van der Waals surface area contributed by atoms with Crippen LogP contribution in [-0.2, 0) is 6.54 Å². The van der Waals surface area contributed by atoms with E-state index in [1.165, 1.54) is 7.11 Å². The minimum absolute atomic E-state index is 0.153. The molecule has 3 rings (SSSR count). The zero-order valence-corrected chi connectivity index (χ0v) is 12.8. The van der Waals surface area contributed by atoms with Crippen LogP contribution in [0.25, 0.3) is 11.3 Å². The molecule has 0 saturated carbocycles. The molecule has 0 unspecified atom stereocenters. The minimum Gasteiger partial charge on any atom is -0.481 e. The SMILES string of the molecule is COc1cc(N(C)Cc2cc(-c3cccnc3)no2)nc(N)n1. The van der Waals surface area contributed by atoms with Crippen molar-refractivity contribution in [2.24, 2.45) is 0 Å². The number of hydrogen-bond donors (Lipinski definition) is 1. The van der Waals surface area contributed by atoms with Gasteiger partial charge in [0.15, 0.2) is 5.76 Å². The van der Waals surface area contributed by atoms with Crippen molar-refractivity contribution in [3.63, 3.8) is 0 Å². The van der Waals surface area contributed by atoms with Gasteiger partial charge in [-0.3, -0.25) is 4.98 Å². The van der Waals surface area contributed by atoms with Crippen molar-refractivity contribution < 1.29 is 9.26 Å². The van der Waals surface area contributed by atoms with Crippen LogP contribution in [0.5, 0.6) is 5.88 Å². The Labute approximate surface area is 132 Å². The number of anilines is 2. The summed E-state index contributed by atoms with van der Waals surface area (Å²) in [5.74, 6) is 1.89. The average molecular weight is 312 g/mol. The maximum atomic E-state index is 5.67. The van der Waals surface area contributed by atoms with Crippen molar-refractivity contribution in [3.8, 4) is 17.1 Å². The largest absolute Gasteiger partial charge is 0.481 e. The van der Waals surface area contributed by atoms with E-state index >= 15 is 0 Å². The quantitative estimate of drug-likeness (QED) is 0.760. The van der Waals surface area contributed by atoms with Crippen molar-refractivity contribution in [1.82, 2.24) is 20.1 Å². The van der Waals surface area contributed by atoms with Gasteiger partial charge in [-0.1, -0.05) is 5.16 Å². The maximum Gasteiger partial charge on any atom is 0.225 e. The third kappa shape index (κ3) is 3.37. The summed E-state index contributed by atoms with van der Waals surface area (Å²) >= 11 is 0. The Hall–Kier alpha value is -3.16. The van der Waals surface area contributed by atoms with Gasteiger partial charge in [-0.25, -0.2) is 0 Å². The summed E-state index contributed by atoms with van der Waals surface area (Å²) in [4.78, 5) is 14.1. The van der Waals surface area contributed by atoms with E-state index in [-0.39, 0.29) is 5.95 Å². The number of rotatable bonds is 5. The van der Waals surface area contributed by atoms with Gasteiger partial charge in [-0.15, -0.1) is 0 Å². The molecular weight excluding hydrogens is 296 g/mol. The second kappa shape index (κ2) is 6.30. The van der Waals surface area contributed by atoms with Crippen LogP contribution in [0.15, 0.2) is 41.2 Å². The number of methoxy groups -OCH3 is 1. The predicted molar refractivity (Wildman–Crippen MR) is 84.8 cm³/mol. The summed E-state index contributed by atoms with van der Waals surface area (Å²) in [6, 6.07) is 7.35.